The highest BCUT2D eigenvalue weighted by Gasteiger charge is 2.45. The van der Waals surface area contributed by atoms with Crippen LogP contribution in [0.15, 0.2) is 273 Å². The SMILES string of the molecule is c1ccc(-c2ccc(Oc3cc4c5c(c3)N(c3c(-c6ccccc6)cccc3-c3ccccc3)c3ccccc3B5c3ccccc3N4c3c(-c4ccccc4)cccc3-c3ccccc3)cc2)cc1. The fourth-order valence-electron chi connectivity index (χ4n) is 10.9. The van der Waals surface area contributed by atoms with Crippen molar-refractivity contribution in [3.8, 4) is 67.1 Å². The standard InChI is InChI=1S/C66H45BN2O/c1-6-22-46(23-7-1)47-40-42-52(43-41-47)70-53-44-62-64-63(45-53)69(66-56(50-28-12-4-13-29-50)34-21-35-57(66)51-30-14-5-15-31-51)61-39-19-17-37-59(61)67(64)58-36-16-18-38-60(58)68(62)65-54(48-24-8-2-9-25-48)32-20-33-55(65)49-26-10-3-11-27-49/h1-45H. The summed E-state index contributed by atoms with van der Waals surface area (Å²) < 4.78 is 7.19. The summed E-state index contributed by atoms with van der Waals surface area (Å²) in [7, 11) is 0. The van der Waals surface area contributed by atoms with Gasteiger partial charge in [0.05, 0.1) is 11.4 Å². The summed E-state index contributed by atoms with van der Waals surface area (Å²) in [6.45, 7) is -0.0859. The summed E-state index contributed by atoms with van der Waals surface area (Å²) in [4.78, 5) is 5.07. The summed E-state index contributed by atoms with van der Waals surface area (Å²) >= 11 is 0. The van der Waals surface area contributed by atoms with E-state index in [-0.39, 0.29) is 6.71 Å². The Kier molecular flexibility index (Phi) is 10.3. The van der Waals surface area contributed by atoms with E-state index in [0.717, 1.165) is 95.7 Å². The molecule has 0 fully saturated rings. The van der Waals surface area contributed by atoms with Crippen LogP contribution in [-0.4, -0.2) is 6.71 Å². The van der Waals surface area contributed by atoms with Gasteiger partial charge in [-0.05, 0) is 74.0 Å². The normalized spacial score (nSPS) is 12.2. The van der Waals surface area contributed by atoms with Crippen molar-refractivity contribution in [2.75, 3.05) is 9.80 Å². The zero-order valence-corrected chi connectivity index (χ0v) is 38.4. The largest absolute Gasteiger partial charge is 0.457 e. The van der Waals surface area contributed by atoms with Crippen molar-refractivity contribution < 1.29 is 4.74 Å². The van der Waals surface area contributed by atoms with Gasteiger partial charge in [-0.25, -0.2) is 0 Å². The van der Waals surface area contributed by atoms with Crippen molar-refractivity contribution in [3.05, 3.63) is 273 Å². The maximum Gasteiger partial charge on any atom is 0.252 e. The van der Waals surface area contributed by atoms with Crippen molar-refractivity contribution in [2.24, 2.45) is 0 Å². The molecule has 0 atom stereocenters. The zero-order chi connectivity index (χ0) is 46.4. The van der Waals surface area contributed by atoms with Gasteiger partial charge in [-0.1, -0.05) is 237 Å². The van der Waals surface area contributed by atoms with E-state index in [1.54, 1.807) is 0 Å². The first-order valence-electron chi connectivity index (χ1n) is 24.0. The van der Waals surface area contributed by atoms with Gasteiger partial charge < -0.3 is 14.5 Å². The average Bonchev–Trinajstić information content (AvgIpc) is 3.44. The summed E-state index contributed by atoms with van der Waals surface area (Å²) in [5.74, 6) is 1.50. The molecule has 0 bridgehead atoms. The van der Waals surface area contributed by atoms with Gasteiger partial charge in [-0.2, -0.15) is 0 Å². The molecule has 11 aromatic carbocycles. The molecule has 328 valence electrons. The third kappa shape index (κ3) is 7.08. The van der Waals surface area contributed by atoms with Crippen LogP contribution >= 0.6 is 0 Å². The zero-order valence-electron chi connectivity index (χ0n) is 38.4. The lowest BCUT2D eigenvalue weighted by molar-refractivity contribution is 0.483. The predicted molar refractivity (Wildman–Crippen MR) is 294 cm³/mol. The number of nitrogens with zero attached hydrogens (tertiary/aromatic N) is 2. The Morgan fingerprint density at radius 3 is 0.971 bits per heavy atom. The number of benzene rings is 11. The molecule has 70 heavy (non-hydrogen) atoms. The molecule has 0 aromatic heterocycles. The highest BCUT2D eigenvalue weighted by molar-refractivity contribution is 7.00. The minimum absolute atomic E-state index is 0.0859. The van der Waals surface area contributed by atoms with Crippen LogP contribution in [0.4, 0.5) is 34.1 Å². The van der Waals surface area contributed by atoms with Gasteiger partial charge in [0.15, 0.2) is 0 Å². The van der Waals surface area contributed by atoms with Gasteiger partial charge in [0.25, 0.3) is 6.71 Å². The lowest BCUT2D eigenvalue weighted by atomic mass is 9.33. The Balaban J connectivity index is 1.14. The van der Waals surface area contributed by atoms with Gasteiger partial charge in [0.2, 0.25) is 0 Å². The molecular weight excluding hydrogens is 848 g/mol. The molecule has 13 rings (SSSR count). The molecule has 2 aliphatic heterocycles. The summed E-state index contributed by atoms with van der Waals surface area (Å²) in [6, 6.07) is 98.4. The Labute approximate surface area is 409 Å². The number of anilines is 6. The quantitative estimate of drug-likeness (QED) is 0.134. The molecule has 2 aliphatic rings. The van der Waals surface area contributed by atoms with E-state index in [1.165, 1.54) is 22.0 Å². The molecule has 0 unspecified atom stereocenters. The number of rotatable bonds is 9. The van der Waals surface area contributed by atoms with Crippen LogP contribution in [0.1, 0.15) is 0 Å². The molecular formula is C66H45BN2O. The first-order chi connectivity index (χ1) is 34.8. The van der Waals surface area contributed by atoms with Crippen molar-refractivity contribution in [3.63, 3.8) is 0 Å². The highest BCUT2D eigenvalue weighted by Crippen LogP contribution is 2.53. The molecule has 4 heteroatoms. The molecule has 0 saturated carbocycles. The van der Waals surface area contributed by atoms with Crippen LogP contribution in [0.25, 0.3) is 55.6 Å². The molecule has 0 saturated heterocycles. The first kappa shape index (κ1) is 41.1. The number of fused-ring (bicyclic) bond motifs is 4. The van der Waals surface area contributed by atoms with E-state index >= 15 is 0 Å². The second-order valence-corrected chi connectivity index (χ2v) is 18.0. The minimum Gasteiger partial charge on any atom is -0.457 e. The predicted octanol–water partition coefficient (Wildman–Crippen LogP) is 15.9. The van der Waals surface area contributed by atoms with Gasteiger partial charge in [-0.15, -0.1) is 0 Å². The topological polar surface area (TPSA) is 15.7 Å². The van der Waals surface area contributed by atoms with Gasteiger partial charge in [0, 0.05) is 57.1 Å². The van der Waals surface area contributed by atoms with Gasteiger partial charge in [0.1, 0.15) is 11.5 Å². The second-order valence-electron chi connectivity index (χ2n) is 18.0. The Hall–Kier alpha value is -9.12. The van der Waals surface area contributed by atoms with Crippen LogP contribution in [0, 0.1) is 0 Å². The molecule has 0 N–H and O–H groups in total. The van der Waals surface area contributed by atoms with E-state index in [4.69, 9.17) is 4.74 Å². The maximum atomic E-state index is 7.19. The maximum absolute atomic E-state index is 7.19. The van der Waals surface area contributed by atoms with E-state index in [2.05, 4.69) is 283 Å². The third-order valence-corrected chi connectivity index (χ3v) is 13.9. The molecule has 11 aromatic rings. The fourth-order valence-corrected chi connectivity index (χ4v) is 10.9. The molecule has 3 nitrogen and oxygen atoms in total. The summed E-state index contributed by atoms with van der Waals surface area (Å²) in [5.41, 5.74) is 21.8. The monoisotopic (exact) mass is 892 g/mol. The van der Waals surface area contributed by atoms with Crippen molar-refractivity contribution in [2.45, 2.75) is 0 Å². The average molecular weight is 893 g/mol. The number of hydrogen-bond donors (Lipinski definition) is 0. The number of ether oxygens (including phenoxy) is 1. The molecule has 0 spiro atoms. The highest BCUT2D eigenvalue weighted by atomic mass is 16.5. The van der Waals surface area contributed by atoms with E-state index < -0.39 is 0 Å². The Morgan fingerprint density at radius 1 is 0.257 bits per heavy atom. The van der Waals surface area contributed by atoms with E-state index in [9.17, 15) is 0 Å². The van der Waals surface area contributed by atoms with Crippen LogP contribution in [0.3, 0.4) is 0 Å². The molecule has 2 heterocycles. The molecule has 0 aliphatic carbocycles. The molecule has 0 amide bonds. The van der Waals surface area contributed by atoms with E-state index in [0.29, 0.717) is 0 Å². The van der Waals surface area contributed by atoms with Gasteiger partial charge in [-0.3, -0.25) is 0 Å². The lowest BCUT2D eigenvalue weighted by Gasteiger charge is -2.45. The summed E-state index contributed by atoms with van der Waals surface area (Å²) in [6.07, 6.45) is 0. The molecule has 0 radical (unpaired) electrons. The Morgan fingerprint density at radius 2 is 0.586 bits per heavy atom. The minimum atomic E-state index is -0.0859. The summed E-state index contributed by atoms with van der Waals surface area (Å²) in [5, 5.41) is 0. The second kappa shape index (κ2) is 17.5. The Bertz CT molecular complexity index is 3360. The van der Waals surface area contributed by atoms with Gasteiger partial charge >= 0.3 is 0 Å². The first-order valence-corrected chi connectivity index (χ1v) is 24.0. The smallest absolute Gasteiger partial charge is 0.252 e. The van der Waals surface area contributed by atoms with Crippen molar-refractivity contribution >= 4 is 57.2 Å². The van der Waals surface area contributed by atoms with Crippen LogP contribution in [0.5, 0.6) is 11.5 Å². The number of hydrogen-bond acceptors (Lipinski definition) is 3. The van der Waals surface area contributed by atoms with Crippen LogP contribution in [0.2, 0.25) is 0 Å². The van der Waals surface area contributed by atoms with Crippen LogP contribution < -0.4 is 30.9 Å². The van der Waals surface area contributed by atoms with Crippen molar-refractivity contribution in [1.29, 1.82) is 0 Å². The lowest BCUT2D eigenvalue weighted by Crippen LogP contribution is -2.61. The van der Waals surface area contributed by atoms with Crippen molar-refractivity contribution in [1.82, 2.24) is 0 Å². The fraction of sp³-hybridized carbons (Fsp3) is 0. The third-order valence-electron chi connectivity index (χ3n) is 13.9. The van der Waals surface area contributed by atoms with Crippen LogP contribution in [-0.2, 0) is 0 Å². The van der Waals surface area contributed by atoms with E-state index in [1.807, 2.05) is 0 Å². The number of para-hydroxylation sites is 4.